The van der Waals surface area contributed by atoms with Crippen molar-refractivity contribution >= 4 is 23.4 Å². The van der Waals surface area contributed by atoms with E-state index < -0.39 is 0 Å². The molecule has 0 nitrogen and oxygen atoms in total. The Balaban J connectivity index is 1.60. The Hall–Kier alpha value is 0.640. The maximum atomic E-state index is 6.14. The van der Waals surface area contributed by atoms with Gasteiger partial charge >= 0.3 is 0 Å². The lowest BCUT2D eigenvalue weighted by Gasteiger charge is -2.29. The van der Waals surface area contributed by atoms with E-state index in [1.54, 1.807) is 0 Å². The molecule has 0 saturated heterocycles. The zero-order valence-electron chi connectivity index (χ0n) is 10.5. The smallest absolute Gasteiger partial charge is 0.0336 e. The second kappa shape index (κ2) is 6.54. The lowest BCUT2D eigenvalue weighted by molar-refractivity contribution is 0.384. The molecule has 0 N–H and O–H groups in total. The number of thioether (sulfide) groups is 1. The summed E-state index contributed by atoms with van der Waals surface area (Å²) < 4.78 is 0. The quantitative estimate of drug-likeness (QED) is 0.637. The molecule has 0 aliphatic heterocycles. The predicted molar refractivity (Wildman–Crippen MR) is 75.5 cm³/mol. The van der Waals surface area contributed by atoms with Gasteiger partial charge in [0.25, 0.3) is 0 Å². The van der Waals surface area contributed by atoms with Crippen LogP contribution in [0.25, 0.3) is 0 Å². The SMILES string of the molecule is CC1CCC(SCC2CCC(Cl)CC2)CC1. The molecule has 0 aromatic rings. The first-order valence-corrected chi connectivity index (χ1v) is 8.48. The van der Waals surface area contributed by atoms with Crippen molar-refractivity contribution in [2.45, 2.75) is 68.9 Å². The van der Waals surface area contributed by atoms with Crippen LogP contribution in [0.4, 0.5) is 0 Å². The van der Waals surface area contributed by atoms with Crippen molar-refractivity contribution in [2.75, 3.05) is 5.75 Å². The molecule has 0 unspecified atom stereocenters. The lowest BCUT2D eigenvalue weighted by atomic mass is 9.90. The molecule has 2 rings (SSSR count). The summed E-state index contributed by atoms with van der Waals surface area (Å²) in [5, 5.41) is 1.46. The Morgan fingerprint density at radius 3 is 2.19 bits per heavy atom. The molecule has 2 saturated carbocycles. The summed E-state index contributed by atoms with van der Waals surface area (Å²) in [7, 11) is 0. The van der Waals surface area contributed by atoms with Gasteiger partial charge in [-0.05, 0) is 69.0 Å². The molecule has 0 spiro atoms. The first-order valence-electron chi connectivity index (χ1n) is 6.99. The fourth-order valence-electron chi connectivity index (χ4n) is 2.96. The van der Waals surface area contributed by atoms with Gasteiger partial charge in [-0.3, -0.25) is 0 Å². The Morgan fingerprint density at radius 2 is 1.56 bits per heavy atom. The van der Waals surface area contributed by atoms with Crippen LogP contribution in [0, 0.1) is 11.8 Å². The van der Waals surface area contributed by atoms with Gasteiger partial charge in [0.15, 0.2) is 0 Å². The van der Waals surface area contributed by atoms with Gasteiger partial charge in [0, 0.05) is 10.6 Å². The van der Waals surface area contributed by atoms with Crippen LogP contribution in [0.3, 0.4) is 0 Å². The Morgan fingerprint density at radius 1 is 0.938 bits per heavy atom. The van der Waals surface area contributed by atoms with Gasteiger partial charge in [0.2, 0.25) is 0 Å². The minimum Gasteiger partial charge on any atom is -0.158 e. The molecular weight excluding hydrogens is 236 g/mol. The summed E-state index contributed by atoms with van der Waals surface area (Å²) in [5.41, 5.74) is 0. The van der Waals surface area contributed by atoms with E-state index in [1.165, 1.54) is 57.1 Å². The maximum Gasteiger partial charge on any atom is 0.0336 e. The van der Waals surface area contributed by atoms with Crippen molar-refractivity contribution in [1.82, 2.24) is 0 Å². The van der Waals surface area contributed by atoms with Crippen LogP contribution >= 0.6 is 23.4 Å². The van der Waals surface area contributed by atoms with E-state index in [0.29, 0.717) is 5.38 Å². The first-order chi connectivity index (χ1) is 7.74. The molecule has 2 aliphatic rings. The molecule has 16 heavy (non-hydrogen) atoms. The van der Waals surface area contributed by atoms with Gasteiger partial charge in [0.1, 0.15) is 0 Å². The van der Waals surface area contributed by atoms with E-state index in [-0.39, 0.29) is 0 Å². The lowest BCUT2D eigenvalue weighted by Crippen LogP contribution is -2.19. The third-order valence-electron chi connectivity index (χ3n) is 4.31. The summed E-state index contributed by atoms with van der Waals surface area (Å²) in [6, 6.07) is 0. The van der Waals surface area contributed by atoms with Crippen molar-refractivity contribution in [3.05, 3.63) is 0 Å². The van der Waals surface area contributed by atoms with Crippen LogP contribution in [0.1, 0.15) is 58.3 Å². The van der Waals surface area contributed by atoms with E-state index in [2.05, 4.69) is 18.7 Å². The van der Waals surface area contributed by atoms with Crippen molar-refractivity contribution in [3.63, 3.8) is 0 Å². The number of hydrogen-bond acceptors (Lipinski definition) is 1. The van der Waals surface area contributed by atoms with Crippen LogP contribution in [0.5, 0.6) is 0 Å². The first kappa shape index (κ1) is 13.1. The highest BCUT2D eigenvalue weighted by Gasteiger charge is 2.23. The highest BCUT2D eigenvalue weighted by atomic mass is 35.5. The summed E-state index contributed by atoms with van der Waals surface area (Å²) in [5.74, 6) is 3.37. The Bertz CT molecular complexity index is 169. The van der Waals surface area contributed by atoms with E-state index in [1.807, 2.05) is 0 Å². The Kier molecular flexibility index (Phi) is 5.35. The second-order valence-electron chi connectivity index (χ2n) is 5.83. The second-order valence-corrected chi connectivity index (χ2v) is 7.78. The number of rotatable bonds is 3. The molecule has 0 atom stereocenters. The molecule has 0 radical (unpaired) electrons. The van der Waals surface area contributed by atoms with Crippen LogP contribution < -0.4 is 0 Å². The average molecular weight is 261 g/mol. The number of alkyl halides is 1. The van der Waals surface area contributed by atoms with Crippen LogP contribution in [0.2, 0.25) is 0 Å². The largest absolute Gasteiger partial charge is 0.158 e. The van der Waals surface area contributed by atoms with Crippen LogP contribution in [0.15, 0.2) is 0 Å². The zero-order chi connectivity index (χ0) is 11.4. The minimum atomic E-state index is 0.483. The molecule has 2 fully saturated rings. The van der Waals surface area contributed by atoms with Crippen molar-refractivity contribution in [2.24, 2.45) is 11.8 Å². The molecule has 2 aliphatic carbocycles. The summed E-state index contributed by atoms with van der Waals surface area (Å²) >= 11 is 8.40. The van der Waals surface area contributed by atoms with E-state index in [4.69, 9.17) is 11.6 Å². The number of halogens is 1. The standard InChI is InChI=1S/C14H25ClS/c1-11-2-8-14(9-3-11)16-10-12-4-6-13(15)7-5-12/h11-14H,2-10H2,1H3. The highest BCUT2D eigenvalue weighted by molar-refractivity contribution is 7.99. The molecule has 0 aromatic carbocycles. The summed E-state index contributed by atoms with van der Waals surface area (Å²) in [4.78, 5) is 0. The topological polar surface area (TPSA) is 0 Å². The minimum absolute atomic E-state index is 0.483. The molecule has 94 valence electrons. The fraction of sp³-hybridized carbons (Fsp3) is 1.00. The van der Waals surface area contributed by atoms with Gasteiger partial charge in [-0.2, -0.15) is 11.8 Å². The molecule has 0 amide bonds. The molecule has 0 heterocycles. The highest BCUT2D eigenvalue weighted by Crippen LogP contribution is 2.35. The monoisotopic (exact) mass is 260 g/mol. The van der Waals surface area contributed by atoms with Crippen LogP contribution in [-0.4, -0.2) is 16.4 Å². The molecular formula is C14H25ClS. The predicted octanol–water partition coefficient (Wildman–Crippen LogP) is 5.10. The van der Waals surface area contributed by atoms with Crippen molar-refractivity contribution in [3.8, 4) is 0 Å². The number of hydrogen-bond donors (Lipinski definition) is 0. The molecule has 2 heteroatoms. The van der Waals surface area contributed by atoms with Gasteiger partial charge in [-0.15, -0.1) is 11.6 Å². The van der Waals surface area contributed by atoms with Gasteiger partial charge in [-0.25, -0.2) is 0 Å². The van der Waals surface area contributed by atoms with Gasteiger partial charge in [-0.1, -0.05) is 6.92 Å². The van der Waals surface area contributed by atoms with E-state index in [9.17, 15) is 0 Å². The summed E-state index contributed by atoms with van der Waals surface area (Å²) in [6.45, 7) is 2.41. The van der Waals surface area contributed by atoms with E-state index in [0.717, 1.165) is 17.1 Å². The molecule has 0 bridgehead atoms. The maximum absolute atomic E-state index is 6.14. The van der Waals surface area contributed by atoms with Crippen molar-refractivity contribution < 1.29 is 0 Å². The van der Waals surface area contributed by atoms with Gasteiger partial charge in [0.05, 0.1) is 0 Å². The zero-order valence-corrected chi connectivity index (χ0v) is 12.0. The fourth-order valence-corrected chi connectivity index (χ4v) is 4.69. The van der Waals surface area contributed by atoms with Crippen LogP contribution in [-0.2, 0) is 0 Å². The summed E-state index contributed by atoms with van der Waals surface area (Å²) in [6.07, 6.45) is 11.1. The average Bonchev–Trinajstić information content (AvgIpc) is 2.30. The van der Waals surface area contributed by atoms with Gasteiger partial charge < -0.3 is 0 Å². The Labute approximate surface area is 110 Å². The normalized spacial score (nSPS) is 40.9. The van der Waals surface area contributed by atoms with Crippen molar-refractivity contribution in [1.29, 1.82) is 0 Å². The molecule has 0 aromatic heterocycles. The third kappa shape index (κ3) is 4.14. The van der Waals surface area contributed by atoms with E-state index >= 15 is 0 Å². The third-order valence-corrected chi connectivity index (χ3v) is 6.35.